The van der Waals surface area contributed by atoms with E-state index < -0.39 is 0 Å². The molecule has 1 aliphatic heterocycles. The molecule has 0 spiro atoms. The Kier molecular flexibility index (Phi) is 5.70. The van der Waals surface area contributed by atoms with Gasteiger partial charge in [-0.25, -0.2) is 4.79 Å². The first-order chi connectivity index (χ1) is 10.4. The van der Waals surface area contributed by atoms with Crippen molar-refractivity contribution in [2.45, 2.75) is 32.1 Å². The number of aliphatic hydroxyl groups is 1. The molecule has 0 radical (unpaired) electrons. The molecule has 1 saturated heterocycles. The van der Waals surface area contributed by atoms with Gasteiger partial charge in [-0.2, -0.15) is 0 Å². The number of piperidine rings is 1. The summed E-state index contributed by atoms with van der Waals surface area (Å²) in [5, 5.41) is 12.9. The molecule has 0 unspecified atom stereocenters. The van der Waals surface area contributed by atoms with E-state index >= 15 is 0 Å². The minimum atomic E-state index is -0.149. The van der Waals surface area contributed by atoms with Crippen LogP contribution in [-0.2, 0) is 5.41 Å². The maximum Gasteiger partial charge on any atom is 0.317 e. The maximum absolute atomic E-state index is 12.3. The highest BCUT2D eigenvalue weighted by Gasteiger charge is 2.25. The molecule has 1 aliphatic rings. The van der Waals surface area contributed by atoms with Gasteiger partial charge in [-0.3, -0.25) is 0 Å². The molecule has 1 aromatic rings. The molecule has 5 heteroatoms. The highest BCUT2D eigenvalue weighted by atomic mass is 35.5. The molecule has 2 N–H and O–H groups in total. The molecule has 4 nitrogen and oxygen atoms in total. The molecule has 1 aromatic carbocycles. The summed E-state index contributed by atoms with van der Waals surface area (Å²) < 4.78 is 0. The first-order valence-electron chi connectivity index (χ1n) is 7.82. The van der Waals surface area contributed by atoms with E-state index in [4.69, 9.17) is 16.7 Å². The van der Waals surface area contributed by atoms with Crippen LogP contribution < -0.4 is 5.32 Å². The van der Waals surface area contributed by atoms with Crippen LogP contribution in [0.5, 0.6) is 0 Å². The van der Waals surface area contributed by atoms with Crippen LogP contribution in [-0.4, -0.2) is 42.3 Å². The lowest BCUT2D eigenvalue weighted by Gasteiger charge is -2.33. The van der Waals surface area contributed by atoms with Crippen molar-refractivity contribution in [2.75, 3.05) is 26.2 Å². The van der Waals surface area contributed by atoms with Crippen LogP contribution in [0.3, 0.4) is 0 Å². The lowest BCUT2D eigenvalue weighted by atomic mass is 9.84. The van der Waals surface area contributed by atoms with Gasteiger partial charge in [0.2, 0.25) is 0 Å². The Labute approximate surface area is 137 Å². The molecule has 0 bridgehead atoms. The van der Waals surface area contributed by atoms with Crippen molar-refractivity contribution in [3.8, 4) is 0 Å². The zero-order valence-corrected chi connectivity index (χ0v) is 14.1. The number of nitrogens with one attached hydrogen (secondary N) is 1. The highest BCUT2D eigenvalue weighted by Crippen LogP contribution is 2.24. The minimum Gasteiger partial charge on any atom is -0.396 e. The van der Waals surface area contributed by atoms with Crippen molar-refractivity contribution in [2.24, 2.45) is 5.92 Å². The summed E-state index contributed by atoms with van der Waals surface area (Å²) in [5.74, 6) is 0.342. The summed E-state index contributed by atoms with van der Waals surface area (Å²) >= 11 is 5.92. The Balaban J connectivity index is 1.86. The monoisotopic (exact) mass is 324 g/mol. The fourth-order valence-electron chi connectivity index (χ4n) is 2.73. The lowest BCUT2D eigenvalue weighted by molar-refractivity contribution is 0.136. The fraction of sp³-hybridized carbons (Fsp3) is 0.588. The Hall–Kier alpha value is -1.26. The number of hydrogen-bond acceptors (Lipinski definition) is 2. The average molecular weight is 325 g/mol. The summed E-state index contributed by atoms with van der Waals surface area (Å²) in [6, 6.07) is 7.74. The third-order valence-corrected chi connectivity index (χ3v) is 4.72. The summed E-state index contributed by atoms with van der Waals surface area (Å²) in [7, 11) is 0. The van der Waals surface area contributed by atoms with Crippen molar-refractivity contribution in [1.29, 1.82) is 0 Å². The van der Waals surface area contributed by atoms with Crippen LogP contribution in [0.25, 0.3) is 0 Å². The van der Waals surface area contributed by atoms with E-state index in [2.05, 4.69) is 19.2 Å². The van der Waals surface area contributed by atoms with Gasteiger partial charge in [0.25, 0.3) is 0 Å². The summed E-state index contributed by atoms with van der Waals surface area (Å²) in [5.41, 5.74) is 1.00. The number of rotatable bonds is 4. The van der Waals surface area contributed by atoms with Crippen LogP contribution in [0, 0.1) is 5.92 Å². The lowest BCUT2D eigenvalue weighted by Crippen LogP contribution is -2.47. The van der Waals surface area contributed by atoms with E-state index in [1.165, 1.54) is 0 Å². The molecule has 0 aromatic heterocycles. The molecule has 0 aliphatic carbocycles. The number of urea groups is 1. The Morgan fingerprint density at radius 3 is 2.45 bits per heavy atom. The molecule has 22 heavy (non-hydrogen) atoms. The SMILES string of the molecule is CC(C)(CNC(=O)N1CCC(CO)CC1)c1ccc(Cl)cc1. The Morgan fingerprint density at radius 1 is 1.32 bits per heavy atom. The fourth-order valence-corrected chi connectivity index (χ4v) is 2.86. The second-order valence-electron chi connectivity index (χ2n) is 6.66. The van der Waals surface area contributed by atoms with Crippen molar-refractivity contribution in [1.82, 2.24) is 10.2 Å². The largest absolute Gasteiger partial charge is 0.396 e. The number of nitrogens with zero attached hydrogens (tertiary/aromatic N) is 1. The summed E-state index contributed by atoms with van der Waals surface area (Å²) in [4.78, 5) is 14.1. The van der Waals surface area contributed by atoms with E-state index in [0.29, 0.717) is 12.5 Å². The quantitative estimate of drug-likeness (QED) is 0.894. The van der Waals surface area contributed by atoms with Crippen LogP contribution in [0.4, 0.5) is 4.79 Å². The van der Waals surface area contributed by atoms with Crippen LogP contribution >= 0.6 is 11.6 Å². The first-order valence-corrected chi connectivity index (χ1v) is 8.20. The number of benzene rings is 1. The number of carbonyl (C=O) groups is 1. The van der Waals surface area contributed by atoms with Gasteiger partial charge in [-0.05, 0) is 36.5 Å². The number of amides is 2. The van der Waals surface area contributed by atoms with Gasteiger partial charge in [0.05, 0.1) is 0 Å². The molecule has 0 saturated carbocycles. The smallest absolute Gasteiger partial charge is 0.317 e. The van der Waals surface area contributed by atoms with Crippen molar-refractivity contribution in [3.63, 3.8) is 0 Å². The predicted molar refractivity (Wildman–Crippen MR) is 89.3 cm³/mol. The highest BCUT2D eigenvalue weighted by molar-refractivity contribution is 6.30. The molecule has 2 amide bonds. The van der Waals surface area contributed by atoms with Gasteiger partial charge < -0.3 is 15.3 Å². The third-order valence-electron chi connectivity index (χ3n) is 4.47. The normalized spacial score (nSPS) is 16.6. The van der Waals surface area contributed by atoms with Gasteiger partial charge in [0, 0.05) is 36.7 Å². The van der Waals surface area contributed by atoms with Crippen molar-refractivity contribution in [3.05, 3.63) is 34.9 Å². The third kappa shape index (κ3) is 4.37. The van der Waals surface area contributed by atoms with E-state index in [-0.39, 0.29) is 18.1 Å². The first kappa shape index (κ1) is 17.1. The molecule has 2 rings (SSSR count). The van der Waals surface area contributed by atoms with Crippen molar-refractivity contribution < 1.29 is 9.90 Å². The van der Waals surface area contributed by atoms with Gasteiger partial charge in [0.15, 0.2) is 0 Å². The van der Waals surface area contributed by atoms with E-state index in [1.807, 2.05) is 29.2 Å². The Morgan fingerprint density at radius 2 is 1.91 bits per heavy atom. The van der Waals surface area contributed by atoms with Gasteiger partial charge in [-0.15, -0.1) is 0 Å². The molecular formula is C17H25ClN2O2. The van der Waals surface area contributed by atoms with Crippen molar-refractivity contribution >= 4 is 17.6 Å². The standard InChI is InChI=1S/C17H25ClN2O2/c1-17(2,14-3-5-15(18)6-4-14)12-19-16(22)20-9-7-13(11-21)8-10-20/h3-6,13,21H,7-12H2,1-2H3,(H,19,22). The molecular weight excluding hydrogens is 300 g/mol. The van der Waals surface area contributed by atoms with Crippen LogP contribution in [0.15, 0.2) is 24.3 Å². The van der Waals surface area contributed by atoms with Crippen LogP contribution in [0.2, 0.25) is 5.02 Å². The predicted octanol–water partition coefficient (Wildman–Crippen LogP) is 3.03. The molecule has 1 heterocycles. The number of halogens is 1. The molecule has 0 atom stereocenters. The number of carbonyl (C=O) groups excluding carboxylic acids is 1. The van der Waals surface area contributed by atoms with Crippen LogP contribution in [0.1, 0.15) is 32.3 Å². The minimum absolute atomic E-state index is 0.0153. The molecule has 122 valence electrons. The summed E-state index contributed by atoms with van der Waals surface area (Å²) in [6.45, 7) is 6.45. The topological polar surface area (TPSA) is 52.6 Å². The number of likely N-dealkylation sites (tertiary alicyclic amines) is 1. The molecule has 1 fully saturated rings. The van der Waals surface area contributed by atoms with E-state index in [1.54, 1.807) is 0 Å². The van der Waals surface area contributed by atoms with Gasteiger partial charge >= 0.3 is 6.03 Å². The number of aliphatic hydroxyl groups excluding tert-OH is 1. The van der Waals surface area contributed by atoms with E-state index in [0.717, 1.165) is 36.5 Å². The van der Waals surface area contributed by atoms with Gasteiger partial charge in [0.1, 0.15) is 0 Å². The zero-order valence-electron chi connectivity index (χ0n) is 13.3. The van der Waals surface area contributed by atoms with Gasteiger partial charge in [-0.1, -0.05) is 37.6 Å². The maximum atomic E-state index is 12.3. The van der Waals surface area contributed by atoms with E-state index in [9.17, 15) is 4.79 Å². The second-order valence-corrected chi connectivity index (χ2v) is 7.10. The zero-order chi connectivity index (χ0) is 16.2. The Bertz CT molecular complexity index is 494. The average Bonchev–Trinajstić information content (AvgIpc) is 2.53. The summed E-state index contributed by atoms with van der Waals surface area (Å²) in [6.07, 6.45) is 1.76. The number of hydrogen-bond donors (Lipinski definition) is 2. The second kappa shape index (κ2) is 7.34.